The van der Waals surface area contributed by atoms with E-state index in [1.165, 1.54) is 11.1 Å². The average Bonchev–Trinajstić information content (AvgIpc) is 3.74. The lowest BCUT2D eigenvalue weighted by atomic mass is 10.0. The van der Waals surface area contributed by atoms with Gasteiger partial charge in [-0.1, -0.05) is 133 Å². The molecule has 10 aromatic rings. The molecule has 3 heterocycles. The molecule has 0 N–H and O–H groups in total. The van der Waals surface area contributed by atoms with Crippen molar-refractivity contribution in [3.05, 3.63) is 176 Å². The summed E-state index contributed by atoms with van der Waals surface area (Å²) in [5.74, 6) is 0.678. The van der Waals surface area contributed by atoms with E-state index in [1.54, 1.807) is 0 Å². The van der Waals surface area contributed by atoms with Crippen LogP contribution in [-0.4, -0.2) is 14.5 Å². The molecule has 0 bridgehead atoms. The van der Waals surface area contributed by atoms with Gasteiger partial charge in [-0.25, -0.2) is 9.97 Å². The van der Waals surface area contributed by atoms with Gasteiger partial charge in [-0.05, 0) is 53.6 Å². The minimum absolute atomic E-state index is 0.678. The van der Waals surface area contributed by atoms with Crippen LogP contribution in [-0.2, 0) is 0 Å². The van der Waals surface area contributed by atoms with Gasteiger partial charge < -0.3 is 8.98 Å². The van der Waals surface area contributed by atoms with Crippen molar-refractivity contribution in [2.24, 2.45) is 0 Å². The topological polar surface area (TPSA) is 43.9 Å². The first kappa shape index (κ1) is 28.3. The number of rotatable bonds is 5. The summed E-state index contributed by atoms with van der Waals surface area (Å²) in [5, 5.41) is 4.38. The Morgan fingerprint density at radius 3 is 1.76 bits per heavy atom. The van der Waals surface area contributed by atoms with Gasteiger partial charge >= 0.3 is 0 Å². The highest BCUT2D eigenvalue weighted by Gasteiger charge is 2.21. The number of hydrogen-bond acceptors (Lipinski definition) is 3. The average molecular weight is 640 g/mol. The van der Waals surface area contributed by atoms with E-state index in [0.29, 0.717) is 5.82 Å². The van der Waals surface area contributed by atoms with Gasteiger partial charge in [0.25, 0.3) is 0 Å². The highest BCUT2D eigenvalue weighted by Crippen LogP contribution is 2.43. The molecule has 4 heteroatoms. The van der Waals surface area contributed by atoms with Gasteiger partial charge in [0.2, 0.25) is 0 Å². The zero-order valence-electron chi connectivity index (χ0n) is 27.0. The number of fused-ring (bicyclic) bond motifs is 7. The number of hydrogen-bond donors (Lipinski definition) is 0. The number of aromatic nitrogens is 3. The fourth-order valence-corrected chi connectivity index (χ4v) is 7.28. The van der Waals surface area contributed by atoms with E-state index in [2.05, 4.69) is 144 Å². The summed E-state index contributed by atoms with van der Waals surface area (Å²) >= 11 is 0. The van der Waals surface area contributed by atoms with E-state index >= 15 is 0 Å². The van der Waals surface area contributed by atoms with Crippen LogP contribution in [0.5, 0.6) is 0 Å². The molecular formula is C46H29N3O. The van der Waals surface area contributed by atoms with Crippen LogP contribution in [0.4, 0.5) is 0 Å². The van der Waals surface area contributed by atoms with Crippen molar-refractivity contribution >= 4 is 43.7 Å². The Bertz CT molecular complexity index is 2780. The molecule has 10 rings (SSSR count). The molecule has 0 unspecified atom stereocenters. The Hall–Kier alpha value is -6.78. The lowest BCUT2D eigenvalue weighted by Crippen LogP contribution is -1.96. The fraction of sp³-hybridized carbons (Fsp3) is 0. The first-order chi connectivity index (χ1) is 24.8. The van der Waals surface area contributed by atoms with Crippen molar-refractivity contribution in [1.29, 1.82) is 0 Å². The van der Waals surface area contributed by atoms with Crippen LogP contribution < -0.4 is 0 Å². The van der Waals surface area contributed by atoms with Gasteiger partial charge in [0, 0.05) is 38.5 Å². The van der Waals surface area contributed by atoms with Gasteiger partial charge in [0.05, 0.1) is 27.8 Å². The molecule has 3 aromatic heterocycles. The van der Waals surface area contributed by atoms with E-state index in [-0.39, 0.29) is 0 Å². The summed E-state index contributed by atoms with van der Waals surface area (Å²) in [4.78, 5) is 10.2. The van der Waals surface area contributed by atoms with Crippen LogP contribution in [0.1, 0.15) is 0 Å². The third kappa shape index (κ3) is 4.54. The van der Waals surface area contributed by atoms with Crippen molar-refractivity contribution in [2.75, 3.05) is 0 Å². The second kappa shape index (κ2) is 11.4. The summed E-state index contributed by atoms with van der Waals surface area (Å²) in [5.41, 5.74) is 12.0. The molecule has 4 nitrogen and oxygen atoms in total. The van der Waals surface area contributed by atoms with Crippen molar-refractivity contribution in [1.82, 2.24) is 14.5 Å². The molecule has 0 radical (unpaired) electrons. The molecule has 0 aliphatic carbocycles. The van der Waals surface area contributed by atoms with E-state index < -0.39 is 0 Å². The monoisotopic (exact) mass is 639 g/mol. The largest absolute Gasteiger partial charge is 0.455 e. The Kier molecular flexibility index (Phi) is 6.46. The first-order valence-electron chi connectivity index (χ1n) is 16.8. The Morgan fingerprint density at radius 2 is 1.02 bits per heavy atom. The minimum Gasteiger partial charge on any atom is -0.455 e. The normalized spacial score (nSPS) is 11.6. The standard InChI is InChI=1S/C46H29N3O/c1-5-14-30(15-6-1)33-24-25-38-42(28-33)49(34-20-11-4-12-21-34)41-27-26-36-35-22-13-23-37(44(35)50-45(36)43(38)41)40-29-39(31-16-7-2-8-17-31)47-46(48-40)32-18-9-3-10-19-32/h1-29H. The zero-order chi connectivity index (χ0) is 33.0. The maximum absolute atomic E-state index is 7.04. The quantitative estimate of drug-likeness (QED) is 0.188. The van der Waals surface area contributed by atoms with Crippen LogP contribution in [0.2, 0.25) is 0 Å². The molecule has 0 aliphatic heterocycles. The van der Waals surface area contributed by atoms with Gasteiger partial charge in [-0.2, -0.15) is 0 Å². The lowest BCUT2D eigenvalue weighted by Gasteiger charge is -2.09. The number of nitrogens with zero attached hydrogens (tertiary/aromatic N) is 3. The predicted octanol–water partition coefficient (Wildman–Crippen LogP) is 12.1. The molecule has 0 aliphatic rings. The highest BCUT2D eigenvalue weighted by molar-refractivity contribution is 6.25. The van der Waals surface area contributed by atoms with E-state index in [1.807, 2.05) is 36.4 Å². The summed E-state index contributed by atoms with van der Waals surface area (Å²) in [7, 11) is 0. The van der Waals surface area contributed by atoms with E-state index in [0.717, 1.165) is 77.5 Å². The van der Waals surface area contributed by atoms with Crippen molar-refractivity contribution < 1.29 is 4.42 Å². The zero-order valence-corrected chi connectivity index (χ0v) is 27.0. The maximum atomic E-state index is 7.04. The molecule has 234 valence electrons. The summed E-state index contributed by atoms with van der Waals surface area (Å²) in [6.07, 6.45) is 0. The molecule has 0 amide bonds. The predicted molar refractivity (Wildman–Crippen MR) is 205 cm³/mol. The van der Waals surface area contributed by atoms with Crippen LogP contribution >= 0.6 is 0 Å². The molecule has 50 heavy (non-hydrogen) atoms. The molecule has 0 saturated heterocycles. The van der Waals surface area contributed by atoms with Gasteiger partial charge in [-0.3, -0.25) is 0 Å². The first-order valence-corrected chi connectivity index (χ1v) is 16.8. The van der Waals surface area contributed by atoms with E-state index in [9.17, 15) is 0 Å². The lowest BCUT2D eigenvalue weighted by molar-refractivity contribution is 0.674. The Labute approximate surface area is 288 Å². The summed E-state index contributed by atoms with van der Waals surface area (Å²) in [6.45, 7) is 0. The number of benzene rings is 7. The Morgan fingerprint density at radius 1 is 0.400 bits per heavy atom. The van der Waals surface area contributed by atoms with Crippen LogP contribution in [0.25, 0.3) is 94.5 Å². The van der Waals surface area contributed by atoms with Gasteiger partial charge in [-0.15, -0.1) is 0 Å². The maximum Gasteiger partial charge on any atom is 0.160 e. The fourth-order valence-electron chi connectivity index (χ4n) is 7.28. The molecule has 7 aromatic carbocycles. The number of furan rings is 1. The SMILES string of the molecule is c1ccc(-c2ccc3c4c5oc6c(-c7cc(-c8ccccc8)nc(-c8ccccc8)n7)cccc6c5ccc4n(-c4ccccc4)c3c2)cc1. The minimum atomic E-state index is 0.678. The molecule has 0 atom stereocenters. The summed E-state index contributed by atoms with van der Waals surface area (Å²) < 4.78 is 9.40. The van der Waals surface area contributed by atoms with Crippen LogP contribution in [0.15, 0.2) is 180 Å². The molecule has 0 spiro atoms. The van der Waals surface area contributed by atoms with Crippen LogP contribution in [0, 0.1) is 0 Å². The van der Waals surface area contributed by atoms with Crippen LogP contribution in [0.3, 0.4) is 0 Å². The smallest absolute Gasteiger partial charge is 0.160 e. The third-order valence-corrected chi connectivity index (χ3v) is 9.62. The Balaban J connectivity index is 1.25. The highest BCUT2D eigenvalue weighted by atomic mass is 16.3. The van der Waals surface area contributed by atoms with Crippen molar-refractivity contribution in [3.8, 4) is 50.7 Å². The van der Waals surface area contributed by atoms with Gasteiger partial charge in [0.15, 0.2) is 5.82 Å². The van der Waals surface area contributed by atoms with E-state index in [4.69, 9.17) is 14.4 Å². The summed E-state index contributed by atoms with van der Waals surface area (Å²) in [6, 6.07) is 61.2. The number of para-hydroxylation sites is 2. The van der Waals surface area contributed by atoms with Gasteiger partial charge in [0.1, 0.15) is 11.2 Å². The van der Waals surface area contributed by atoms with Crippen molar-refractivity contribution in [2.45, 2.75) is 0 Å². The second-order valence-electron chi connectivity index (χ2n) is 12.6. The second-order valence-corrected chi connectivity index (χ2v) is 12.6. The molecular weight excluding hydrogens is 611 g/mol. The molecule has 0 fully saturated rings. The van der Waals surface area contributed by atoms with Crippen molar-refractivity contribution in [3.63, 3.8) is 0 Å². The third-order valence-electron chi connectivity index (χ3n) is 9.62. The molecule has 0 saturated carbocycles.